The zero-order chi connectivity index (χ0) is 18.5. The van der Waals surface area contributed by atoms with Gasteiger partial charge in [-0.1, -0.05) is 0 Å². The Balaban J connectivity index is 1.72. The van der Waals surface area contributed by atoms with E-state index in [4.69, 9.17) is 10.00 Å². The molecule has 7 heteroatoms. The first-order chi connectivity index (χ1) is 12.6. The summed E-state index contributed by atoms with van der Waals surface area (Å²) in [5.41, 5.74) is 0.420. The highest BCUT2D eigenvalue weighted by Gasteiger charge is 2.13. The van der Waals surface area contributed by atoms with Crippen LogP contribution >= 0.6 is 0 Å². The minimum absolute atomic E-state index is 0.167. The number of nitrogens with one attached hydrogen (secondary N) is 1. The summed E-state index contributed by atoms with van der Waals surface area (Å²) in [6.07, 6.45) is 1.50. The molecule has 0 fully saturated rings. The highest BCUT2D eigenvalue weighted by Crippen LogP contribution is 2.24. The van der Waals surface area contributed by atoms with Crippen LogP contribution in [0.15, 0.2) is 60.8 Å². The molecule has 0 saturated carbocycles. The van der Waals surface area contributed by atoms with Gasteiger partial charge in [0.2, 0.25) is 5.88 Å². The molecule has 0 radical (unpaired) electrons. The minimum Gasteiger partial charge on any atom is -0.438 e. The SMILES string of the molecule is N#Cc1cccnc1Oc1ccc(NC(=O)c2ccc(F)cc2F)cc1. The summed E-state index contributed by atoms with van der Waals surface area (Å²) in [6.45, 7) is 0. The summed E-state index contributed by atoms with van der Waals surface area (Å²) in [5.74, 6) is -1.83. The predicted molar refractivity (Wildman–Crippen MR) is 89.8 cm³/mol. The maximum absolute atomic E-state index is 13.6. The van der Waals surface area contributed by atoms with Gasteiger partial charge in [-0.3, -0.25) is 4.79 Å². The van der Waals surface area contributed by atoms with Crippen LogP contribution in [0.4, 0.5) is 14.5 Å². The molecule has 26 heavy (non-hydrogen) atoms. The van der Waals surface area contributed by atoms with Crippen LogP contribution in [0, 0.1) is 23.0 Å². The van der Waals surface area contributed by atoms with Gasteiger partial charge in [0.1, 0.15) is 29.0 Å². The Bertz CT molecular complexity index is 998. The Hall–Kier alpha value is -3.79. The second kappa shape index (κ2) is 7.40. The summed E-state index contributed by atoms with van der Waals surface area (Å²) in [7, 11) is 0. The number of amides is 1. The van der Waals surface area contributed by atoms with Crippen molar-refractivity contribution in [1.82, 2.24) is 4.98 Å². The lowest BCUT2D eigenvalue weighted by atomic mass is 10.2. The lowest BCUT2D eigenvalue weighted by Crippen LogP contribution is -2.13. The molecule has 3 aromatic rings. The zero-order valence-corrected chi connectivity index (χ0v) is 13.2. The van der Waals surface area contributed by atoms with Gasteiger partial charge in [-0.05, 0) is 48.5 Å². The highest BCUT2D eigenvalue weighted by atomic mass is 19.1. The average molecular weight is 351 g/mol. The molecule has 0 aliphatic carbocycles. The van der Waals surface area contributed by atoms with E-state index in [0.717, 1.165) is 12.1 Å². The van der Waals surface area contributed by atoms with E-state index in [0.29, 0.717) is 17.5 Å². The molecule has 0 spiro atoms. The van der Waals surface area contributed by atoms with Crippen LogP contribution in [0.3, 0.4) is 0 Å². The molecule has 2 aromatic carbocycles. The molecule has 0 unspecified atom stereocenters. The van der Waals surface area contributed by atoms with Gasteiger partial charge in [-0.25, -0.2) is 13.8 Å². The van der Waals surface area contributed by atoms with Crippen LogP contribution in [0.1, 0.15) is 15.9 Å². The first-order valence-corrected chi connectivity index (χ1v) is 7.46. The third-order valence-corrected chi connectivity index (χ3v) is 3.39. The summed E-state index contributed by atoms with van der Waals surface area (Å²) >= 11 is 0. The summed E-state index contributed by atoms with van der Waals surface area (Å²) in [6, 6.07) is 14.1. The van der Waals surface area contributed by atoms with Crippen LogP contribution in [0.5, 0.6) is 11.6 Å². The van der Waals surface area contributed by atoms with Crippen molar-refractivity contribution in [2.75, 3.05) is 5.32 Å². The largest absolute Gasteiger partial charge is 0.438 e. The van der Waals surface area contributed by atoms with Crippen molar-refractivity contribution in [1.29, 1.82) is 5.26 Å². The highest BCUT2D eigenvalue weighted by molar-refractivity contribution is 6.04. The van der Waals surface area contributed by atoms with Crippen LogP contribution in [-0.4, -0.2) is 10.9 Å². The normalized spacial score (nSPS) is 10.0. The van der Waals surface area contributed by atoms with Crippen LogP contribution in [0.25, 0.3) is 0 Å². The number of pyridine rings is 1. The van der Waals surface area contributed by atoms with E-state index in [-0.39, 0.29) is 17.0 Å². The predicted octanol–water partition coefficient (Wildman–Crippen LogP) is 4.28. The molecule has 1 amide bonds. The number of ether oxygens (including phenoxy) is 1. The number of anilines is 1. The molecule has 0 aliphatic rings. The van der Waals surface area contributed by atoms with Crippen molar-refractivity contribution in [2.45, 2.75) is 0 Å². The van der Waals surface area contributed by atoms with E-state index in [9.17, 15) is 13.6 Å². The first kappa shape index (κ1) is 17.0. The number of aromatic nitrogens is 1. The fourth-order valence-electron chi connectivity index (χ4n) is 2.15. The maximum Gasteiger partial charge on any atom is 0.258 e. The molecule has 0 aliphatic heterocycles. The van der Waals surface area contributed by atoms with E-state index < -0.39 is 17.5 Å². The first-order valence-electron chi connectivity index (χ1n) is 7.46. The van der Waals surface area contributed by atoms with Gasteiger partial charge >= 0.3 is 0 Å². The number of nitriles is 1. The van der Waals surface area contributed by atoms with Gasteiger partial charge in [0.15, 0.2) is 0 Å². The molecule has 0 saturated heterocycles. The molecule has 5 nitrogen and oxygen atoms in total. The average Bonchev–Trinajstić information content (AvgIpc) is 2.63. The second-order valence-electron chi connectivity index (χ2n) is 5.17. The lowest BCUT2D eigenvalue weighted by molar-refractivity contribution is 0.102. The number of hydrogen-bond acceptors (Lipinski definition) is 4. The number of rotatable bonds is 4. The van der Waals surface area contributed by atoms with Crippen molar-refractivity contribution in [2.24, 2.45) is 0 Å². The van der Waals surface area contributed by atoms with Gasteiger partial charge in [-0.15, -0.1) is 0 Å². The Kier molecular flexibility index (Phi) is 4.85. The molecule has 1 heterocycles. The van der Waals surface area contributed by atoms with E-state index >= 15 is 0 Å². The molecule has 0 atom stereocenters. The third kappa shape index (κ3) is 3.82. The van der Waals surface area contributed by atoms with E-state index in [1.165, 1.54) is 6.20 Å². The quantitative estimate of drug-likeness (QED) is 0.761. The van der Waals surface area contributed by atoms with Crippen LogP contribution < -0.4 is 10.1 Å². The molecule has 128 valence electrons. The van der Waals surface area contributed by atoms with Crippen molar-refractivity contribution < 1.29 is 18.3 Å². The molecule has 0 bridgehead atoms. The topological polar surface area (TPSA) is 75.0 Å². The standard InChI is InChI=1S/C19H11F2N3O2/c20-13-3-8-16(17(21)10-13)18(25)24-14-4-6-15(7-5-14)26-19-12(11-22)2-1-9-23-19/h1-10H,(H,24,25). The Morgan fingerprint density at radius 2 is 1.88 bits per heavy atom. The Morgan fingerprint density at radius 3 is 2.58 bits per heavy atom. The number of carbonyl (C=O) groups is 1. The van der Waals surface area contributed by atoms with E-state index in [1.807, 2.05) is 6.07 Å². The fourth-order valence-corrected chi connectivity index (χ4v) is 2.15. The fraction of sp³-hybridized carbons (Fsp3) is 0. The monoisotopic (exact) mass is 351 g/mol. The molecule has 1 N–H and O–H groups in total. The van der Waals surface area contributed by atoms with Gasteiger partial charge in [-0.2, -0.15) is 5.26 Å². The number of halogens is 2. The van der Waals surface area contributed by atoms with Crippen molar-refractivity contribution in [3.63, 3.8) is 0 Å². The minimum atomic E-state index is -0.943. The van der Waals surface area contributed by atoms with E-state index in [2.05, 4.69) is 10.3 Å². The second-order valence-corrected chi connectivity index (χ2v) is 5.17. The summed E-state index contributed by atoms with van der Waals surface area (Å²) in [4.78, 5) is 16.0. The Labute approximate surface area is 147 Å². The molecular formula is C19H11F2N3O2. The number of benzene rings is 2. The lowest BCUT2D eigenvalue weighted by Gasteiger charge is -2.09. The van der Waals surface area contributed by atoms with Crippen LogP contribution in [-0.2, 0) is 0 Å². The molecule has 3 rings (SSSR count). The summed E-state index contributed by atoms with van der Waals surface area (Å²) in [5, 5.41) is 11.5. The van der Waals surface area contributed by atoms with Crippen molar-refractivity contribution in [3.8, 4) is 17.7 Å². The Morgan fingerprint density at radius 1 is 1.12 bits per heavy atom. The zero-order valence-electron chi connectivity index (χ0n) is 13.2. The smallest absolute Gasteiger partial charge is 0.258 e. The van der Waals surface area contributed by atoms with E-state index in [1.54, 1.807) is 36.4 Å². The van der Waals surface area contributed by atoms with Gasteiger partial charge in [0, 0.05) is 18.0 Å². The van der Waals surface area contributed by atoms with Crippen LogP contribution in [0.2, 0.25) is 0 Å². The maximum atomic E-state index is 13.6. The van der Waals surface area contributed by atoms with Gasteiger partial charge in [0.05, 0.1) is 5.56 Å². The van der Waals surface area contributed by atoms with Crippen molar-refractivity contribution >= 4 is 11.6 Å². The summed E-state index contributed by atoms with van der Waals surface area (Å²) < 4.78 is 32.1. The van der Waals surface area contributed by atoms with Gasteiger partial charge < -0.3 is 10.1 Å². The number of nitrogens with zero attached hydrogens (tertiary/aromatic N) is 2. The number of carbonyl (C=O) groups excluding carboxylic acids is 1. The molecule has 1 aromatic heterocycles. The van der Waals surface area contributed by atoms with Crippen molar-refractivity contribution in [3.05, 3.63) is 83.6 Å². The number of hydrogen-bond donors (Lipinski definition) is 1. The van der Waals surface area contributed by atoms with Gasteiger partial charge in [0.25, 0.3) is 5.91 Å². The third-order valence-electron chi connectivity index (χ3n) is 3.39. The molecular weight excluding hydrogens is 340 g/mol.